The Labute approximate surface area is 115 Å². The average Bonchev–Trinajstić information content (AvgIpc) is 3.08. The van der Waals surface area contributed by atoms with Crippen molar-refractivity contribution in [3.63, 3.8) is 0 Å². The summed E-state index contributed by atoms with van der Waals surface area (Å²) in [5.74, 6) is -0.850. The number of carbonyl (C=O) groups is 3. The third-order valence-electron chi connectivity index (χ3n) is 2.87. The molecule has 0 amide bonds. The van der Waals surface area contributed by atoms with Crippen molar-refractivity contribution in [3.8, 4) is 0 Å². The van der Waals surface area contributed by atoms with E-state index in [2.05, 4.69) is 14.7 Å². The molecule has 20 heavy (non-hydrogen) atoms. The molecule has 6 nitrogen and oxygen atoms in total. The van der Waals surface area contributed by atoms with E-state index in [4.69, 9.17) is 0 Å². The fourth-order valence-electron chi connectivity index (χ4n) is 1.85. The SMILES string of the molecule is COC(=O)CC(=O)c1c[nH]c(Cc2ccc(C=O)[nH]2)c1. The lowest BCUT2D eigenvalue weighted by Crippen LogP contribution is -2.08. The number of aldehydes is 1. The molecule has 0 fully saturated rings. The highest BCUT2D eigenvalue weighted by Gasteiger charge is 2.13. The number of aromatic amines is 2. The molecule has 0 atom stereocenters. The third-order valence-corrected chi connectivity index (χ3v) is 2.87. The van der Waals surface area contributed by atoms with Crippen molar-refractivity contribution < 1.29 is 19.1 Å². The smallest absolute Gasteiger partial charge is 0.313 e. The zero-order chi connectivity index (χ0) is 14.5. The number of hydrogen-bond donors (Lipinski definition) is 2. The summed E-state index contributed by atoms with van der Waals surface area (Å²) in [7, 11) is 1.24. The van der Waals surface area contributed by atoms with Crippen molar-refractivity contribution in [1.29, 1.82) is 0 Å². The van der Waals surface area contributed by atoms with E-state index in [-0.39, 0.29) is 12.2 Å². The summed E-state index contributed by atoms with van der Waals surface area (Å²) in [5.41, 5.74) is 2.62. The van der Waals surface area contributed by atoms with Crippen LogP contribution in [0.3, 0.4) is 0 Å². The molecule has 0 saturated heterocycles. The van der Waals surface area contributed by atoms with E-state index in [1.807, 2.05) is 0 Å². The summed E-state index contributed by atoms with van der Waals surface area (Å²) in [5, 5.41) is 0. The maximum atomic E-state index is 11.8. The second-order valence-electron chi connectivity index (χ2n) is 4.32. The lowest BCUT2D eigenvalue weighted by Gasteiger charge is -1.96. The second-order valence-corrected chi connectivity index (χ2v) is 4.32. The predicted molar refractivity (Wildman–Crippen MR) is 70.7 cm³/mol. The minimum atomic E-state index is -0.558. The standard InChI is InChI=1S/C14H14N2O4/c1-20-14(19)6-13(18)9-4-12(15-7-9)5-10-2-3-11(8-17)16-10/h2-4,7-8,15-16H,5-6H2,1H3. The van der Waals surface area contributed by atoms with Gasteiger partial charge in [0.25, 0.3) is 0 Å². The summed E-state index contributed by atoms with van der Waals surface area (Å²) < 4.78 is 4.45. The molecule has 2 N–H and O–H groups in total. The molecule has 0 spiro atoms. The normalized spacial score (nSPS) is 10.2. The molecule has 0 bridgehead atoms. The zero-order valence-electron chi connectivity index (χ0n) is 10.9. The molecular weight excluding hydrogens is 260 g/mol. The van der Waals surface area contributed by atoms with Gasteiger partial charge in [-0.1, -0.05) is 0 Å². The number of ketones is 1. The predicted octanol–water partition coefficient (Wildman–Crippen LogP) is 1.49. The Hall–Kier alpha value is -2.63. The Morgan fingerprint density at radius 1 is 1.30 bits per heavy atom. The van der Waals surface area contributed by atoms with Gasteiger partial charge in [0.1, 0.15) is 6.42 Å². The summed E-state index contributed by atoms with van der Waals surface area (Å²) in [6.07, 6.45) is 2.57. The Bertz CT molecular complexity index is 639. The maximum absolute atomic E-state index is 11.8. The van der Waals surface area contributed by atoms with Crippen LogP contribution >= 0.6 is 0 Å². The van der Waals surface area contributed by atoms with Gasteiger partial charge in [-0.25, -0.2) is 0 Å². The first-order chi connectivity index (χ1) is 9.62. The number of rotatable bonds is 6. The number of esters is 1. The minimum absolute atomic E-state index is 0.272. The van der Waals surface area contributed by atoms with Gasteiger partial charge in [-0.05, 0) is 18.2 Å². The van der Waals surface area contributed by atoms with E-state index >= 15 is 0 Å². The molecule has 0 saturated carbocycles. The van der Waals surface area contributed by atoms with E-state index in [1.165, 1.54) is 7.11 Å². The Morgan fingerprint density at radius 2 is 2.10 bits per heavy atom. The van der Waals surface area contributed by atoms with Gasteiger partial charge < -0.3 is 14.7 Å². The average molecular weight is 274 g/mol. The lowest BCUT2D eigenvalue weighted by molar-refractivity contribution is -0.139. The topological polar surface area (TPSA) is 92.0 Å². The zero-order valence-corrected chi connectivity index (χ0v) is 10.9. The molecule has 0 aliphatic heterocycles. The summed E-state index contributed by atoms with van der Waals surface area (Å²) >= 11 is 0. The van der Waals surface area contributed by atoms with Crippen molar-refractivity contribution in [2.75, 3.05) is 7.11 Å². The molecule has 0 aliphatic rings. The van der Waals surface area contributed by atoms with Gasteiger partial charge in [-0.2, -0.15) is 0 Å². The van der Waals surface area contributed by atoms with Crippen LogP contribution in [0.4, 0.5) is 0 Å². The van der Waals surface area contributed by atoms with E-state index in [1.54, 1.807) is 24.4 Å². The number of aromatic nitrogens is 2. The molecule has 2 heterocycles. The Balaban J connectivity index is 2.03. The van der Waals surface area contributed by atoms with E-state index in [9.17, 15) is 14.4 Å². The van der Waals surface area contributed by atoms with Crippen LogP contribution in [0.25, 0.3) is 0 Å². The number of nitrogens with one attached hydrogen (secondary N) is 2. The van der Waals surface area contributed by atoms with Crippen LogP contribution in [-0.2, 0) is 16.0 Å². The number of Topliss-reactive ketones (excluding diaryl/α,β-unsaturated/α-hetero) is 1. The molecule has 0 aromatic carbocycles. The Morgan fingerprint density at radius 3 is 2.75 bits per heavy atom. The van der Waals surface area contributed by atoms with Gasteiger partial charge in [0.2, 0.25) is 0 Å². The van der Waals surface area contributed by atoms with Crippen molar-refractivity contribution >= 4 is 18.0 Å². The first-order valence-corrected chi connectivity index (χ1v) is 6.02. The molecule has 0 radical (unpaired) electrons. The van der Waals surface area contributed by atoms with Crippen LogP contribution in [0.1, 0.15) is 38.7 Å². The fraction of sp³-hybridized carbons (Fsp3) is 0.214. The van der Waals surface area contributed by atoms with Crippen LogP contribution in [0, 0.1) is 0 Å². The van der Waals surface area contributed by atoms with Crippen molar-refractivity contribution in [3.05, 3.63) is 47.0 Å². The van der Waals surface area contributed by atoms with Gasteiger partial charge in [-0.15, -0.1) is 0 Å². The molecule has 2 aromatic rings. The first-order valence-electron chi connectivity index (χ1n) is 6.02. The summed E-state index contributed by atoms with van der Waals surface area (Å²) in [6.45, 7) is 0. The highest BCUT2D eigenvalue weighted by atomic mass is 16.5. The van der Waals surface area contributed by atoms with E-state index < -0.39 is 5.97 Å². The van der Waals surface area contributed by atoms with Crippen LogP contribution < -0.4 is 0 Å². The van der Waals surface area contributed by atoms with E-state index in [0.29, 0.717) is 17.7 Å². The summed E-state index contributed by atoms with van der Waals surface area (Å²) in [6, 6.07) is 5.18. The van der Waals surface area contributed by atoms with Gasteiger partial charge in [0.15, 0.2) is 12.1 Å². The summed E-state index contributed by atoms with van der Waals surface area (Å²) in [4.78, 5) is 39.3. The molecular formula is C14H14N2O4. The molecule has 2 rings (SSSR count). The van der Waals surface area contributed by atoms with E-state index in [0.717, 1.165) is 17.7 Å². The quantitative estimate of drug-likeness (QED) is 0.361. The molecule has 0 aliphatic carbocycles. The van der Waals surface area contributed by atoms with Gasteiger partial charge >= 0.3 is 5.97 Å². The second kappa shape index (κ2) is 6.01. The largest absolute Gasteiger partial charge is 0.469 e. The van der Waals surface area contributed by atoms with Crippen molar-refractivity contribution in [2.24, 2.45) is 0 Å². The minimum Gasteiger partial charge on any atom is -0.469 e. The number of ether oxygens (including phenoxy) is 1. The van der Waals surface area contributed by atoms with Gasteiger partial charge in [-0.3, -0.25) is 14.4 Å². The van der Waals surface area contributed by atoms with Gasteiger partial charge in [0, 0.05) is 29.6 Å². The monoisotopic (exact) mass is 274 g/mol. The van der Waals surface area contributed by atoms with Crippen LogP contribution in [0.2, 0.25) is 0 Å². The first kappa shape index (κ1) is 13.8. The number of hydrogen-bond acceptors (Lipinski definition) is 4. The third kappa shape index (κ3) is 3.23. The van der Waals surface area contributed by atoms with Gasteiger partial charge in [0.05, 0.1) is 12.8 Å². The molecule has 6 heteroatoms. The van der Waals surface area contributed by atoms with Crippen LogP contribution in [-0.4, -0.2) is 35.1 Å². The molecule has 2 aromatic heterocycles. The molecule has 104 valence electrons. The highest BCUT2D eigenvalue weighted by Crippen LogP contribution is 2.11. The van der Waals surface area contributed by atoms with Crippen molar-refractivity contribution in [1.82, 2.24) is 9.97 Å². The fourth-order valence-corrected chi connectivity index (χ4v) is 1.85. The van der Waals surface area contributed by atoms with Crippen LogP contribution in [0.5, 0.6) is 0 Å². The lowest BCUT2D eigenvalue weighted by atomic mass is 10.1. The number of carbonyl (C=O) groups excluding carboxylic acids is 3. The molecule has 0 unspecified atom stereocenters. The maximum Gasteiger partial charge on any atom is 0.313 e. The Kier molecular flexibility index (Phi) is 4.14. The number of H-pyrrole nitrogens is 2. The van der Waals surface area contributed by atoms with Crippen LogP contribution in [0.15, 0.2) is 24.4 Å². The number of methoxy groups -OCH3 is 1. The highest BCUT2D eigenvalue weighted by molar-refractivity contribution is 6.05. The van der Waals surface area contributed by atoms with Crippen molar-refractivity contribution in [2.45, 2.75) is 12.8 Å².